The number of nitrogens with zero attached hydrogens (tertiary/aromatic N) is 4. The number of nitrogen functional groups attached to an aromatic ring is 1. The summed E-state index contributed by atoms with van der Waals surface area (Å²) in [5.74, 6) is -4.63. The monoisotopic (exact) mass is 608 g/mol. The number of oxime groups is 1. The van der Waals surface area contributed by atoms with Crippen LogP contribution in [0.5, 0.6) is 0 Å². The van der Waals surface area contributed by atoms with E-state index in [1.807, 2.05) is 36.1 Å². The first-order valence-corrected chi connectivity index (χ1v) is 14.8. The predicted molar refractivity (Wildman–Crippen MR) is 142 cm³/mol. The van der Waals surface area contributed by atoms with Crippen LogP contribution in [0.1, 0.15) is 19.5 Å². The third-order valence-electron chi connectivity index (χ3n) is 5.89. The molecule has 4 rings (SSSR count). The van der Waals surface area contributed by atoms with Gasteiger partial charge >= 0.3 is 5.97 Å². The fourth-order valence-electron chi connectivity index (χ4n) is 3.73. The summed E-state index contributed by atoms with van der Waals surface area (Å²) in [5.41, 5.74) is 3.26. The van der Waals surface area contributed by atoms with Crippen molar-refractivity contribution in [3.8, 4) is 0 Å². The van der Waals surface area contributed by atoms with Crippen LogP contribution in [0.2, 0.25) is 0 Å². The number of nitrogens with one attached hydrogen (secondary N) is 1. The summed E-state index contributed by atoms with van der Waals surface area (Å²) in [7, 11) is 0.117. The third-order valence-corrected chi connectivity index (χ3v) is 9.32. The molecule has 3 atom stereocenters. The van der Waals surface area contributed by atoms with Gasteiger partial charge in [-0.2, -0.15) is 0 Å². The average Bonchev–Trinajstić information content (AvgIpc) is 3.31. The second-order valence-corrected chi connectivity index (χ2v) is 12.7. The number of carbonyl (C=O) groups is 4. The number of aliphatic carboxylic acids is 2. The number of β-lactam (4-membered cyclic amide) rings is 1. The fourth-order valence-corrected chi connectivity index (χ4v) is 6.98. The molecule has 17 heteroatoms. The Morgan fingerprint density at radius 3 is 2.65 bits per heavy atom. The van der Waals surface area contributed by atoms with E-state index in [1.165, 1.54) is 17.1 Å². The molecule has 40 heavy (non-hydrogen) atoms. The molecule has 1 saturated heterocycles. The normalized spacial score (nSPS) is 21.0. The van der Waals surface area contributed by atoms with E-state index in [9.17, 15) is 33.6 Å². The van der Waals surface area contributed by atoms with Gasteiger partial charge in [-0.25, -0.2) is 14.3 Å². The number of fused-ring (bicyclic) bond motifs is 1. The number of hydrogen-bond acceptors (Lipinski definition) is 12. The van der Waals surface area contributed by atoms with Crippen molar-refractivity contribution in [1.29, 1.82) is 0 Å². The molecule has 2 aromatic heterocycles. The summed E-state index contributed by atoms with van der Waals surface area (Å²) in [5, 5.41) is 27.6. The maximum absolute atomic E-state index is 13.2. The molecule has 2 aliphatic heterocycles. The van der Waals surface area contributed by atoms with Gasteiger partial charge in [-0.15, -0.1) is 23.1 Å². The minimum atomic E-state index is -1.91. The van der Waals surface area contributed by atoms with Crippen molar-refractivity contribution in [2.45, 2.75) is 35.8 Å². The highest BCUT2D eigenvalue weighted by atomic mass is 32.2. The zero-order valence-electron chi connectivity index (χ0n) is 21.4. The van der Waals surface area contributed by atoms with Crippen LogP contribution in [0.3, 0.4) is 0 Å². The molecule has 1 fully saturated rings. The Morgan fingerprint density at radius 2 is 2.08 bits per heavy atom. The molecule has 2 aliphatic rings. The molecule has 0 aliphatic carbocycles. The average molecular weight is 609 g/mol. The summed E-state index contributed by atoms with van der Waals surface area (Å²) >= 11 is 2.32. The van der Waals surface area contributed by atoms with Crippen LogP contribution in [0, 0.1) is 0 Å². The Hall–Kier alpha value is -3.83. The zero-order chi connectivity index (χ0) is 29.4. The lowest BCUT2D eigenvalue weighted by Crippen LogP contribution is -2.74. The van der Waals surface area contributed by atoms with Gasteiger partial charge in [-0.1, -0.05) is 5.16 Å². The van der Waals surface area contributed by atoms with Crippen LogP contribution < -0.4 is 20.7 Å². The van der Waals surface area contributed by atoms with E-state index in [0.717, 1.165) is 35.0 Å². The van der Waals surface area contributed by atoms with E-state index in [2.05, 4.69) is 15.5 Å². The van der Waals surface area contributed by atoms with E-state index in [-0.39, 0.29) is 28.0 Å². The van der Waals surface area contributed by atoms with Crippen LogP contribution in [-0.4, -0.2) is 77.2 Å². The quantitative estimate of drug-likeness (QED) is 0.0915. The van der Waals surface area contributed by atoms with Gasteiger partial charge < -0.3 is 30.9 Å². The van der Waals surface area contributed by atoms with E-state index in [1.54, 1.807) is 0 Å². The Bertz CT molecular complexity index is 1470. The molecule has 0 saturated carbocycles. The summed E-state index contributed by atoms with van der Waals surface area (Å²) in [4.78, 5) is 60.5. The SMILES string of the molecule is C[n+]1ccc(SCC2=C(C(=O)O)N3C(=O)C(NC(=O)C(=NOC(C)(C)C(=O)[O-])c4csc(N)n4)C3S(=O)C2)cc1. The minimum Gasteiger partial charge on any atom is -0.546 e. The van der Waals surface area contributed by atoms with Crippen LogP contribution in [0.25, 0.3) is 0 Å². The van der Waals surface area contributed by atoms with Gasteiger partial charge in [0, 0.05) is 28.2 Å². The smallest absolute Gasteiger partial charge is 0.352 e. The van der Waals surface area contributed by atoms with Crippen molar-refractivity contribution in [1.82, 2.24) is 15.2 Å². The van der Waals surface area contributed by atoms with Crippen molar-refractivity contribution in [2.75, 3.05) is 17.2 Å². The van der Waals surface area contributed by atoms with E-state index in [0.29, 0.717) is 5.57 Å². The number of pyridine rings is 1. The zero-order valence-corrected chi connectivity index (χ0v) is 23.8. The van der Waals surface area contributed by atoms with Crippen LogP contribution >= 0.6 is 23.1 Å². The van der Waals surface area contributed by atoms with Crippen LogP contribution in [0.15, 0.2) is 51.2 Å². The van der Waals surface area contributed by atoms with Gasteiger partial charge in [0.15, 0.2) is 28.8 Å². The number of aromatic nitrogens is 2. The first-order valence-electron chi connectivity index (χ1n) is 11.5. The van der Waals surface area contributed by atoms with Crippen LogP contribution in [-0.2, 0) is 41.9 Å². The number of anilines is 1. The van der Waals surface area contributed by atoms with Gasteiger partial charge in [-0.3, -0.25) is 18.7 Å². The number of nitrogens with two attached hydrogens (primary N) is 1. The van der Waals surface area contributed by atoms with E-state index in [4.69, 9.17) is 10.6 Å². The molecule has 4 heterocycles. The number of rotatable bonds is 10. The Kier molecular flexibility index (Phi) is 8.27. The van der Waals surface area contributed by atoms with Crippen molar-refractivity contribution >= 4 is 68.5 Å². The largest absolute Gasteiger partial charge is 0.546 e. The third kappa shape index (κ3) is 5.85. The molecule has 0 spiro atoms. The lowest BCUT2D eigenvalue weighted by atomic mass is 10.0. The molecule has 2 amide bonds. The Labute approximate surface area is 238 Å². The van der Waals surface area contributed by atoms with Gasteiger partial charge in [0.2, 0.25) is 0 Å². The predicted octanol–water partition coefficient (Wildman–Crippen LogP) is -1.65. The lowest BCUT2D eigenvalue weighted by molar-refractivity contribution is -0.671. The van der Waals surface area contributed by atoms with Crippen LogP contribution in [0.4, 0.5) is 5.13 Å². The summed E-state index contributed by atoms with van der Waals surface area (Å²) in [6.45, 7) is 2.31. The van der Waals surface area contributed by atoms with E-state index < -0.39 is 57.3 Å². The Morgan fingerprint density at radius 1 is 1.40 bits per heavy atom. The van der Waals surface area contributed by atoms with Gasteiger partial charge in [-0.05, 0) is 19.4 Å². The number of carboxylic acids is 2. The first-order chi connectivity index (χ1) is 18.8. The summed E-state index contributed by atoms with van der Waals surface area (Å²) < 4.78 is 15.0. The number of hydrogen-bond donors (Lipinski definition) is 3. The standard InChI is InChI=1S/C23H24N6O8S3/c1-23(2,21(34)35)37-27-14(13-9-39-22(24)25-13)17(30)26-15-18(31)29-16(20(32)33)11(10-40(36)19(15)29)8-38-12-4-6-28(3)7-5-12/h4-7,9,15,19H,8,10H2,1-3H3,(H4-,24,25,26,30,32,33,34,35). The van der Waals surface area contributed by atoms with Gasteiger partial charge in [0.25, 0.3) is 11.8 Å². The number of amides is 2. The molecule has 3 unspecified atom stereocenters. The highest BCUT2D eigenvalue weighted by Gasteiger charge is 2.57. The number of aryl methyl sites for hydroxylation is 1. The minimum absolute atomic E-state index is 0.0533. The number of carboxylic acid groups (broad SMARTS) is 2. The molecule has 0 aromatic carbocycles. The van der Waals surface area contributed by atoms with E-state index >= 15 is 0 Å². The lowest BCUT2D eigenvalue weighted by Gasteiger charge is -2.49. The maximum atomic E-state index is 13.2. The second-order valence-electron chi connectivity index (χ2n) is 9.22. The molecule has 4 N–H and O–H groups in total. The second kappa shape index (κ2) is 11.3. The first kappa shape index (κ1) is 29.2. The van der Waals surface area contributed by atoms with Crippen molar-refractivity contribution in [3.05, 3.63) is 46.9 Å². The molecule has 14 nitrogen and oxygen atoms in total. The van der Waals surface area contributed by atoms with Crippen molar-refractivity contribution in [3.63, 3.8) is 0 Å². The summed E-state index contributed by atoms with van der Waals surface area (Å²) in [6, 6.07) is 2.37. The molecule has 0 radical (unpaired) electrons. The Balaban J connectivity index is 1.56. The van der Waals surface area contributed by atoms with Crippen molar-refractivity contribution < 1.29 is 43.0 Å². The number of thiazole rings is 1. The molecule has 212 valence electrons. The van der Waals surface area contributed by atoms with Crippen molar-refractivity contribution in [2.24, 2.45) is 12.2 Å². The highest BCUT2D eigenvalue weighted by molar-refractivity contribution is 7.99. The summed E-state index contributed by atoms with van der Waals surface area (Å²) in [6.07, 6.45) is 3.66. The van der Waals surface area contributed by atoms with Gasteiger partial charge in [0.1, 0.15) is 29.9 Å². The molecular weight excluding hydrogens is 584 g/mol. The fraction of sp³-hybridized carbons (Fsp3) is 0.348. The van der Waals surface area contributed by atoms with Gasteiger partial charge in [0.05, 0.1) is 22.5 Å². The molecular formula is C23H24N6O8S3. The highest BCUT2D eigenvalue weighted by Crippen LogP contribution is 2.36. The number of thioether (sulfide) groups is 1. The topological polar surface area (TPSA) is 208 Å². The molecule has 2 aromatic rings. The molecule has 0 bridgehead atoms. The number of carbonyl (C=O) groups excluding carboxylic acids is 3. The maximum Gasteiger partial charge on any atom is 0.352 e.